The molecule has 0 radical (unpaired) electrons. The molecule has 1 aliphatic heterocycles. The van der Waals surface area contributed by atoms with Crippen LogP contribution < -0.4 is 5.73 Å². The highest BCUT2D eigenvalue weighted by Gasteiger charge is 2.58. The van der Waals surface area contributed by atoms with Gasteiger partial charge >= 0.3 is 0 Å². The Hall–Kier alpha value is -3.20. The van der Waals surface area contributed by atoms with Crippen molar-refractivity contribution in [2.24, 2.45) is 10.8 Å². The molecule has 34 heavy (non-hydrogen) atoms. The van der Waals surface area contributed by atoms with Gasteiger partial charge in [-0.2, -0.15) is 5.10 Å². The lowest BCUT2D eigenvalue weighted by atomic mass is 9.90. The number of nitrogens with one attached hydrogen (secondary N) is 1. The van der Waals surface area contributed by atoms with Gasteiger partial charge in [0.05, 0.1) is 12.3 Å². The second-order valence-electron chi connectivity index (χ2n) is 7.72. The molecule has 7 nitrogen and oxygen atoms in total. The molecule has 3 N–H and O–H groups in total. The summed E-state index contributed by atoms with van der Waals surface area (Å²) in [5, 5.41) is 13.5. The van der Waals surface area contributed by atoms with E-state index in [0.29, 0.717) is 26.7 Å². The van der Waals surface area contributed by atoms with Crippen molar-refractivity contribution in [3.05, 3.63) is 112 Å². The number of hydrogen-bond acceptors (Lipinski definition) is 5. The summed E-state index contributed by atoms with van der Waals surface area (Å²) in [6.45, 7) is 3.62. The lowest BCUT2D eigenvalue weighted by Gasteiger charge is -2.34. The maximum absolute atomic E-state index is 14.6. The average molecular weight is 514 g/mol. The van der Waals surface area contributed by atoms with Crippen LogP contribution >= 0.6 is 23.2 Å². The van der Waals surface area contributed by atoms with Crippen LogP contribution in [0.15, 0.2) is 90.8 Å². The molecule has 0 saturated heterocycles. The molecule has 1 aromatic heterocycles. The first-order chi connectivity index (χ1) is 16.2. The summed E-state index contributed by atoms with van der Waals surface area (Å²) in [6, 6.07) is 16.6. The average Bonchev–Trinajstić information content (AvgIpc) is 3.25. The highest BCUT2D eigenvalue weighted by atomic mass is 35.5. The van der Waals surface area contributed by atoms with Crippen LogP contribution in [0.3, 0.4) is 0 Å². The summed E-state index contributed by atoms with van der Waals surface area (Å²) in [4.78, 5) is 4.18. The lowest BCUT2D eigenvalue weighted by molar-refractivity contribution is 0.441. The minimum Gasteiger partial charge on any atom is -0.369 e. The van der Waals surface area contributed by atoms with Crippen molar-refractivity contribution in [2.75, 3.05) is 6.54 Å². The fraction of sp³-hybridized carbons (Fsp3) is 0.125. The van der Waals surface area contributed by atoms with Crippen LogP contribution in [0.25, 0.3) is 0 Å². The van der Waals surface area contributed by atoms with Crippen LogP contribution in [0.1, 0.15) is 21.9 Å². The van der Waals surface area contributed by atoms with Gasteiger partial charge in [-0.05, 0) is 47.0 Å². The predicted molar refractivity (Wildman–Crippen MR) is 136 cm³/mol. The fourth-order valence-corrected chi connectivity index (χ4v) is 6.72. The van der Waals surface area contributed by atoms with Gasteiger partial charge < -0.3 is 5.73 Å². The second-order valence-corrected chi connectivity index (χ2v) is 10.9. The first kappa shape index (κ1) is 23.9. The molecule has 2 unspecified atom stereocenters. The van der Waals surface area contributed by atoms with E-state index in [9.17, 15) is 8.42 Å². The Morgan fingerprint density at radius 2 is 1.74 bits per heavy atom. The van der Waals surface area contributed by atoms with Crippen LogP contribution in [-0.4, -0.2) is 36.6 Å². The number of nitrogens with zero attached hydrogens (tertiary/aromatic N) is 3. The minimum atomic E-state index is -4.16. The molecule has 4 rings (SSSR count). The third-order valence-electron chi connectivity index (χ3n) is 5.73. The molecule has 2 heterocycles. The molecule has 174 valence electrons. The maximum atomic E-state index is 14.6. The molecular formula is C24H21Cl2N5O2S. The van der Waals surface area contributed by atoms with E-state index in [2.05, 4.69) is 16.7 Å². The topological polar surface area (TPSA) is 112 Å². The monoisotopic (exact) mass is 513 g/mol. The maximum Gasteiger partial charge on any atom is 0.209 e. The molecule has 2 atom stereocenters. The number of hydrazone groups is 1. The molecule has 0 fully saturated rings. The number of pyridine rings is 1. The summed E-state index contributed by atoms with van der Waals surface area (Å²) < 4.78 is 27.5. The van der Waals surface area contributed by atoms with E-state index < -0.39 is 19.8 Å². The van der Waals surface area contributed by atoms with E-state index in [1.54, 1.807) is 66.9 Å². The third-order valence-corrected chi connectivity index (χ3v) is 8.90. The molecule has 0 amide bonds. The standard InChI is InChI=1S/C24H21Cl2N5O2S/c1-2-21(16-5-9-19(25)10-6-16)34(32,33)24(18-4-3-13-29-14-18)15-31(23(27)28)30-22(24)17-7-11-20(26)12-8-17/h2-14,21H,1,15H2,(H3,27,28). The van der Waals surface area contributed by atoms with Crippen molar-refractivity contribution in [3.63, 3.8) is 0 Å². The van der Waals surface area contributed by atoms with Gasteiger partial charge in [-0.25, -0.2) is 13.4 Å². The van der Waals surface area contributed by atoms with Crippen molar-refractivity contribution < 1.29 is 8.42 Å². The molecule has 3 aromatic rings. The van der Waals surface area contributed by atoms with Crippen LogP contribution in [0, 0.1) is 5.41 Å². The summed E-state index contributed by atoms with van der Waals surface area (Å²) in [5.41, 5.74) is 7.42. The normalized spacial score (nSPS) is 18.9. The first-order valence-corrected chi connectivity index (χ1v) is 12.5. The Morgan fingerprint density at radius 3 is 2.26 bits per heavy atom. The highest BCUT2D eigenvalue weighted by Crippen LogP contribution is 2.46. The van der Waals surface area contributed by atoms with Gasteiger partial charge in [0.15, 0.2) is 14.6 Å². The molecule has 10 heteroatoms. The Morgan fingerprint density at radius 1 is 1.12 bits per heavy atom. The Labute approximate surface area is 208 Å². The Kier molecular flexibility index (Phi) is 6.49. The zero-order chi connectivity index (χ0) is 24.5. The van der Waals surface area contributed by atoms with Crippen LogP contribution in [0.5, 0.6) is 0 Å². The van der Waals surface area contributed by atoms with Crippen molar-refractivity contribution in [2.45, 2.75) is 10.00 Å². The number of aromatic nitrogens is 1. The minimum absolute atomic E-state index is 0.202. The van der Waals surface area contributed by atoms with Gasteiger partial charge in [-0.3, -0.25) is 10.4 Å². The van der Waals surface area contributed by atoms with Crippen molar-refractivity contribution in [3.8, 4) is 0 Å². The van der Waals surface area contributed by atoms with E-state index in [1.165, 1.54) is 17.3 Å². The third kappa shape index (κ3) is 3.98. The lowest BCUT2D eigenvalue weighted by Crippen LogP contribution is -2.49. The number of rotatable bonds is 6. The van der Waals surface area contributed by atoms with E-state index >= 15 is 0 Å². The second kappa shape index (κ2) is 9.21. The van der Waals surface area contributed by atoms with Gasteiger partial charge in [0.25, 0.3) is 0 Å². The Bertz CT molecular complexity index is 1360. The highest BCUT2D eigenvalue weighted by molar-refractivity contribution is 7.93. The molecule has 2 aromatic carbocycles. The van der Waals surface area contributed by atoms with Gasteiger partial charge in [0.1, 0.15) is 5.25 Å². The van der Waals surface area contributed by atoms with Gasteiger partial charge in [-0.1, -0.05) is 59.6 Å². The number of nitrogens with two attached hydrogens (primary N) is 1. The quantitative estimate of drug-likeness (QED) is 0.285. The van der Waals surface area contributed by atoms with Crippen molar-refractivity contribution in [1.29, 1.82) is 5.41 Å². The SMILES string of the molecule is C=CC(c1ccc(Cl)cc1)S(=O)(=O)C1(c2cccnc2)CN(C(=N)N)N=C1c1ccc(Cl)cc1. The summed E-state index contributed by atoms with van der Waals surface area (Å²) in [5.74, 6) is -0.380. The predicted octanol–water partition coefficient (Wildman–Crippen LogP) is 4.54. The number of benzene rings is 2. The zero-order valence-corrected chi connectivity index (χ0v) is 20.2. The Balaban J connectivity index is 2.02. The van der Waals surface area contributed by atoms with Crippen molar-refractivity contribution >= 4 is 44.7 Å². The van der Waals surface area contributed by atoms with Gasteiger partial charge in [-0.15, -0.1) is 6.58 Å². The summed E-state index contributed by atoms with van der Waals surface area (Å²) >= 11 is 12.1. The van der Waals surface area contributed by atoms with E-state index in [-0.39, 0.29) is 18.2 Å². The van der Waals surface area contributed by atoms with Crippen LogP contribution in [-0.2, 0) is 14.6 Å². The summed E-state index contributed by atoms with van der Waals surface area (Å²) in [7, 11) is -4.16. The van der Waals surface area contributed by atoms with E-state index in [4.69, 9.17) is 34.3 Å². The molecule has 0 aliphatic carbocycles. The molecule has 0 saturated carbocycles. The van der Waals surface area contributed by atoms with Gasteiger partial charge in [0, 0.05) is 22.4 Å². The number of sulfone groups is 1. The van der Waals surface area contributed by atoms with Crippen molar-refractivity contribution in [1.82, 2.24) is 9.99 Å². The number of hydrogen-bond donors (Lipinski definition) is 2. The number of halogens is 2. The number of guanidine groups is 1. The van der Waals surface area contributed by atoms with E-state index in [1.807, 2.05) is 0 Å². The molecule has 0 spiro atoms. The molecule has 1 aliphatic rings. The zero-order valence-electron chi connectivity index (χ0n) is 17.9. The largest absolute Gasteiger partial charge is 0.369 e. The summed E-state index contributed by atoms with van der Waals surface area (Å²) in [6.07, 6.45) is 4.44. The molecular weight excluding hydrogens is 493 g/mol. The van der Waals surface area contributed by atoms with Gasteiger partial charge in [0.2, 0.25) is 5.96 Å². The van der Waals surface area contributed by atoms with E-state index in [0.717, 1.165) is 0 Å². The fourth-order valence-electron chi connectivity index (χ4n) is 4.09. The van der Waals surface area contributed by atoms with Crippen LogP contribution in [0.4, 0.5) is 0 Å². The van der Waals surface area contributed by atoms with Crippen LogP contribution in [0.2, 0.25) is 10.0 Å². The first-order valence-electron chi connectivity index (χ1n) is 10.2. The smallest absolute Gasteiger partial charge is 0.209 e. The molecule has 0 bridgehead atoms.